The fraction of sp³-hybridized carbons (Fsp3) is 0.118. The van der Waals surface area contributed by atoms with Crippen LogP contribution >= 0.6 is 15.9 Å². The Morgan fingerprint density at radius 1 is 1.24 bits per heavy atom. The van der Waals surface area contributed by atoms with Gasteiger partial charge in [-0.1, -0.05) is 0 Å². The van der Waals surface area contributed by atoms with Gasteiger partial charge in [0, 0.05) is 23.9 Å². The van der Waals surface area contributed by atoms with E-state index in [1.54, 1.807) is 6.92 Å². The number of pyridine rings is 1. The number of hydrogen-bond acceptors (Lipinski definition) is 5. The minimum atomic E-state index is -4.53. The SMILES string of the molecule is Cc1cc(NC(=O)c2ccc(Br)c([N+](=O)[O-])c2)n(-c2ccc(C(F)(F)F)cn2)n1. The van der Waals surface area contributed by atoms with Gasteiger partial charge in [-0.3, -0.25) is 14.9 Å². The van der Waals surface area contributed by atoms with Crippen molar-refractivity contribution in [3.05, 3.63) is 74.0 Å². The number of aromatic nitrogens is 3. The van der Waals surface area contributed by atoms with E-state index in [1.165, 1.54) is 22.9 Å². The predicted octanol–water partition coefficient (Wildman–Crippen LogP) is 4.52. The smallest absolute Gasteiger partial charge is 0.306 e. The average Bonchev–Trinajstić information content (AvgIpc) is 3.01. The summed E-state index contributed by atoms with van der Waals surface area (Å²) >= 11 is 3.04. The molecule has 0 aliphatic heterocycles. The molecule has 12 heteroatoms. The highest BCUT2D eigenvalue weighted by Gasteiger charge is 2.30. The molecule has 3 aromatic rings. The molecular weight excluding hydrogens is 459 g/mol. The maximum atomic E-state index is 12.7. The van der Waals surface area contributed by atoms with Crippen molar-refractivity contribution in [2.24, 2.45) is 0 Å². The molecule has 0 saturated heterocycles. The first-order valence-corrected chi connectivity index (χ1v) is 8.71. The standard InChI is InChI=1S/C17H11BrF3N5O3/c1-9-6-15(23-16(27)10-2-4-12(18)13(7-10)26(28)29)25(24-9)14-5-3-11(8-22-14)17(19,20)21/h2-8H,1H3,(H,23,27). The van der Waals surface area contributed by atoms with E-state index < -0.39 is 22.6 Å². The maximum Gasteiger partial charge on any atom is 0.417 e. The van der Waals surface area contributed by atoms with E-state index in [9.17, 15) is 28.1 Å². The van der Waals surface area contributed by atoms with Crippen LogP contribution in [-0.2, 0) is 6.18 Å². The van der Waals surface area contributed by atoms with Gasteiger partial charge in [-0.2, -0.15) is 23.0 Å². The van der Waals surface area contributed by atoms with Crippen molar-refractivity contribution >= 4 is 33.3 Å². The molecule has 0 aliphatic rings. The molecular formula is C17H11BrF3N5O3. The summed E-state index contributed by atoms with van der Waals surface area (Å²) in [6.45, 7) is 1.63. The molecule has 1 aromatic carbocycles. The zero-order valence-corrected chi connectivity index (χ0v) is 16.2. The second kappa shape index (κ2) is 7.62. The van der Waals surface area contributed by atoms with Crippen molar-refractivity contribution in [2.45, 2.75) is 13.1 Å². The molecule has 0 atom stereocenters. The molecule has 0 fully saturated rings. The van der Waals surface area contributed by atoms with Crippen LogP contribution in [0.25, 0.3) is 5.82 Å². The predicted molar refractivity (Wildman–Crippen MR) is 99.8 cm³/mol. The minimum absolute atomic E-state index is 0.0191. The molecule has 0 spiro atoms. The number of nitro benzene ring substituents is 1. The van der Waals surface area contributed by atoms with Gasteiger partial charge in [-0.05, 0) is 47.1 Å². The number of aryl methyl sites for hydroxylation is 1. The van der Waals surface area contributed by atoms with E-state index in [4.69, 9.17) is 0 Å². The third-order valence-corrected chi connectivity index (χ3v) is 4.44. The second-order valence-corrected chi connectivity index (χ2v) is 6.72. The lowest BCUT2D eigenvalue weighted by molar-refractivity contribution is -0.385. The third-order valence-electron chi connectivity index (χ3n) is 3.77. The van der Waals surface area contributed by atoms with Crippen LogP contribution in [0.2, 0.25) is 0 Å². The van der Waals surface area contributed by atoms with Crippen LogP contribution in [0.3, 0.4) is 0 Å². The van der Waals surface area contributed by atoms with Crippen molar-refractivity contribution in [1.29, 1.82) is 0 Å². The number of benzene rings is 1. The first-order chi connectivity index (χ1) is 13.6. The van der Waals surface area contributed by atoms with Gasteiger partial charge in [-0.15, -0.1) is 0 Å². The summed E-state index contributed by atoms with van der Waals surface area (Å²) in [6.07, 6.45) is -3.87. The first-order valence-electron chi connectivity index (χ1n) is 7.92. The number of alkyl halides is 3. The van der Waals surface area contributed by atoms with Gasteiger partial charge in [0.05, 0.1) is 20.7 Å². The highest BCUT2D eigenvalue weighted by molar-refractivity contribution is 9.10. The summed E-state index contributed by atoms with van der Waals surface area (Å²) in [5.74, 6) is -0.456. The molecule has 2 aromatic heterocycles. The summed E-state index contributed by atoms with van der Waals surface area (Å²) in [4.78, 5) is 26.7. The van der Waals surface area contributed by atoms with Gasteiger partial charge < -0.3 is 5.32 Å². The van der Waals surface area contributed by atoms with Gasteiger partial charge in [0.15, 0.2) is 5.82 Å². The summed E-state index contributed by atoms with van der Waals surface area (Å²) < 4.78 is 39.5. The van der Waals surface area contributed by atoms with E-state index in [-0.39, 0.29) is 27.4 Å². The van der Waals surface area contributed by atoms with E-state index in [2.05, 4.69) is 31.3 Å². The molecule has 1 amide bonds. The number of nitro groups is 1. The van der Waals surface area contributed by atoms with Crippen molar-refractivity contribution in [1.82, 2.24) is 14.8 Å². The Kier molecular flexibility index (Phi) is 5.38. The number of carbonyl (C=O) groups excluding carboxylic acids is 1. The number of hydrogen-bond donors (Lipinski definition) is 1. The Labute approximate surface area is 169 Å². The fourth-order valence-electron chi connectivity index (χ4n) is 2.42. The Hall–Kier alpha value is -3.28. The fourth-order valence-corrected chi connectivity index (χ4v) is 2.82. The van der Waals surface area contributed by atoms with Crippen LogP contribution in [0, 0.1) is 17.0 Å². The lowest BCUT2D eigenvalue weighted by Gasteiger charge is -2.10. The number of amides is 1. The summed E-state index contributed by atoms with van der Waals surface area (Å²) in [5, 5.41) is 17.7. The average molecular weight is 470 g/mol. The molecule has 0 saturated carbocycles. The number of anilines is 1. The normalized spacial score (nSPS) is 11.3. The molecule has 3 rings (SSSR count). The zero-order valence-electron chi connectivity index (χ0n) is 14.6. The Morgan fingerprint density at radius 2 is 1.97 bits per heavy atom. The second-order valence-electron chi connectivity index (χ2n) is 5.86. The number of nitrogens with one attached hydrogen (secondary N) is 1. The Balaban J connectivity index is 1.91. The highest BCUT2D eigenvalue weighted by atomic mass is 79.9. The number of rotatable bonds is 4. The Bertz CT molecular complexity index is 1100. The monoisotopic (exact) mass is 469 g/mol. The summed E-state index contributed by atoms with van der Waals surface area (Å²) in [6, 6.07) is 7.32. The van der Waals surface area contributed by atoms with Crippen molar-refractivity contribution in [3.63, 3.8) is 0 Å². The summed E-state index contributed by atoms with van der Waals surface area (Å²) in [7, 11) is 0. The van der Waals surface area contributed by atoms with Crippen molar-refractivity contribution in [3.8, 4) is 5.82 Å². The van der Waals surface area contributed by atoms with Gasteiger partial charge >= 0.3 is 6.18 Å². The number of carbonyl (C=O) groups is 1. The topological polar surface area (TPSA) is 103 Å². The van der Waals surface area contributed by atoms with Crippen molar-refractivity contribution < 1.29 is 22.9 Å². The maximum absolute atomic E-state index is 12.7. The van der Waals surface area contributed by atoms with Crippen molar-refractivity contribution in [2.75, 3.05) is 5.32 Å². The van der Waals surface area contributed by atoms with Crippen LogP contribution in [-0.4, -0.2) is 25.6 Å². The van der Waals surface area contributed by atoms with Crippen LogP contribution in [0.5, 0.6) is 0 Å². The van der Waals surface area contributed by atoms with Crippen LogP contribution < -0.4 is 5.32 Å². The number of nitrogens with zero attached hydrogens (tertiary/aromatic N) is 4. The summed E-state index contributed by atoms with van der Waals surface area (Å²) in [5.41, 5.74) is -0.709. The molecule has 29 heavy (non-hydrogen) atoms. The third kappa shape index (κ3) is 4.42. The molecule has 2 heterocycles. The molecule has 0 unspecified atom stereocenters. The van der Waals surface area contributed by atoms with Gasteiger partial charge in [0.2, 0.25) is 0 Å². The lowest BCUT2D eigenvalue weighted by atomic mass is 10.2. The van der Waals surface area contributed by atoms with E-state index in [0.29, 0.717) is 11.9 Å². The van der Waals surface area contributed by atoms with Crippen LogP contribution in [0.1, 0.15) is 21.6 Å². The van der Waals surface area contributed by atoms with Gasteiger partial charge in [0.25, 0.3) is 11.6 Å². The molecule has 0 aliphatic carbocycles. The van der Waals surface area contributed by atoms with Gasteiger partial charge in [0.1, 0.15) is 5.82 Å². The first kappa shape index (κ1) is 20.5. The van der Waals surface area contributed by atoms with E-state index >= 15 is 0 Å². The number of halogens is 4. The molecule has 150 valence electrons. The quantitative estimate of drug-likeness (QED) is 0.446. The lowest BCUT2D eigenvalue weighted by Crippen LogP contribution is -2.16. The minimum Gasteiger partial charge on any atom is -0.306 e. The molecule has 1 N–H and O–H groups in total. The van der Waals surface area contributed by atoms with Gasteiger partial charge in [-0.25, -0.2) is 4.98 Å². The zero-order chi connectivity index (χ0) is 21.3. The van der Waals surface area contributed by atoms with Crippen LogP contribution in [0.15, 0.2) is 47.1 Å². The largest absolute Gasteiger partial charge is 0.417 e. The van der Waals surface area contributed by atoms with E-state index in [0.717, 1.165) is 18.2 Å². The molecule has 0 radical (unpaired) electrons. The van der Waals surface area contributed by atoms with E-state index in [1.807, 2.05) is 0 Å². The van der Waals surface area contributed by atoms with Crippen LogP contribution in [0.4, 0.5) is 24.7 Å². The molecule has 0 bridgehead atoms. The highest BCUT2D eigenvalue weighted by Crippen LogP contribution is 2.29. The Morgan fingerprint density at radius 3 is 2.55 bits per heavy atom. The molecule has 8 nitrogen and oxygen atoms in total.